The van der Waals surface area contributed by atoms with E-state index in [1.54, 1.807) is 14.0 Å². The van der Waals surface area contributed by atoms with Crippen LogP contribution in [0.2, 0.25) is 0 Å². The first-order chi connectivity index (χ1) is 20.0. The number of rotatable bonds is 5. The SMILES string of the molecule is CC[C@H](C)[C@@H]1NC(=O)[C@@H]2C(C)CCN2C(=O)[C@H](CC(C)C)OC(=O)CCNC(=O)[C@H](C)N(C)C(=O)[C@H](C(C)C)N(C)C1=O. The molecular weight excluding hydrogens is 554 g/mol. The van der Waals surface area contributed by atoms with Crippen LogP contribution in [0.15, 0.2) is 0 Å². The maximum absolute atomic E-state index is 14.0. The molecule has 0 radical (unpaired) electrons. The van der Waals surface area contributed by atoms with Gasteiger partial charge in [0.05, 0.1) is 6.42 Å². The molecule has 1 unspecified atom stereocenters. The van der Waals surface area contributed by atoms with Crippen molar-refractivity contribution < 1.29 is 33.5 Å². The van der Waals surface area contributed by atoms with Crippen molar-refractivity contribution >= 4 is 35.5 Å². The van der Waals surface area contributed by atoms with E-state index in [1.165, 1.54) is 21.7 Å². The van der Waals surface area contributed by atoms with Crippen molar-refractivity contribution in [2.24, 2.45) is 23.7 Å². The summed E-state index contributed by atoms with van der Waals surface area (Å²) in [5, 5.41) is 5.60. The summed E-state index contributed by atoms with van der Waals surface area (Å²) in [6.07, 6.45) is 0.181. The molecule has 0 aromatic rings. The lowest BCUT2D eigenvalue weighted by atomic mass is 9.93. The Morgan fingerprint density at radius 3 is 2.07 bits per heavy atom. The standard InChI is InChI=1S/C31H53N5O7/c1-11-19(6)24-30(41)35(10)25(18(4)5)31(42)34(9)21(8)27(38)32-14-12-23(37)43-22(16-17(2)3)29(40)36-15-13-20(7)26(36)28(39)33-24/h17-22,24-26H,11-16H2,1-10H3,(H,32,38)(H,33,39)/t19-,20?,21-,22-,24-,25-,26-/m0/s1. The smallest absolute Gasteiger partial charge is 0.308 e. The Bertz CT molecular complexity index is 1050. The molecule has 2 heterocycles. The fourth-order valence-electron chi connectivity index (χ4n) is 5.81. The van der Waals surface area contributed by atoms with Crippen LogP contribution in [0.1, 0.15) is 81.1 Å². The number of carbonyl (C=O) groups is 6. The van der Waals surface area contributed by atoms with Crippen molar-refractivity contribution in [1.82, 2.24) is 25.3 Å². The first-order valence-corrected chi connectivity index (χ1v) is 15.6. The van der Waals surface area contributed by atoms with Crippen LogP contribution in [0.3, 0.4) is 0 Å². The molecule has 0 aromatic carbocycles. The van der Waals surface area contributed by atoms with Gasteiger partial charge in [-0.1, -0.05) is 54.9 Å². The minimum absolute atomic E-state index is 0.0288. The van der Waals surface area contributed by atoms with Crippen molar-refractivity contribution in [2.45, 2.75) is 111 Å². The first kappa shape index (κ1) is 36.0. The number of hydrogen-bond acceptors (Lipinski definition) is 7. The Labute approximate surface area is 256 Å². The Morgan fingerprint density at radius 2 is 1.51 bits per heavy atom. The van der Waals surface area contributed by atoms with Gasteiger partial charge in [-0.2, -0.15) is 0 Å². The third kappa shape index (κ3) is 8.69. The molecule has 0 spiro atoms. The number of ether oxygens (including phenoxy) is 1. The van der Waals surface area contributed by atoms with Crippen molar-refractivity contribution in [1.29, 1.82) is 0 Å². The highest BCUT2D eigenvalue weighted by Gasteiger charge is 2.45. The molecule has 0 aliphatic carbocycles. The Morgan fingerprint density at radius 1 is 0.884 bits per heavy atom. The molecule has 0 saturated carbocycles. The van der Waals surface area contributed by atoms with Crippen LogP contribution >= 0.6 is 0 Å². The second-order valence-electron chi connectivity index (χ2n) is 13.0. The fourth-order valence-corrected chi connectivity index (χ4v) is 5.81. The Balaban J connectivity index is 2.58. The predicted molar refractivity (Wildman–Crippen MR) is 161 cm³/mol. The zero-order valence-electron chi connectivity index (χ0n) is 27.6. The Kier molecular flexibility index (Phi) is 13.0. The number of cyclic esters (lactones) is 1. The van der Waals surface area contributed by atoms with Gasteiger partial charge in [0, 0.05) is 27.2 Å². The molecular formula is C31H53N5O7. The van der Waals surface area contributed by atoms with Crippen molar-refractivity contribution in [3.63, 3.8) is 0 Å². The van der Waals surface area contributed by atoms with Crippen molar-refractivity contribution in [3.8, 4) is 0 Å². The van der Waals surface area contributed by atoms with E-state index < -0.39 is 65.8 Å². The summed E-state index contributed by atoms with van der Waals surface area (Å²) in [4.78, 5) is 85.2. The van der Waals surface area contributed by atoms with Crippen molar-refractivity contribution in [3.05, 3.63) is 0 Å². The molecule has 43 heavy (non-hydrogen) atoms. The predicted octanol–water partition coefficient (Wildman–Crippen LogP) is 1.56. The van der Waals surface area contributed by atoms with Crippen LogP contribution in [0.4, 0.5) is 0 Å². The molecule has 2 rings (SSSR count). The average Bonchev–Trinajstić information content (AvgIpc) is 3.33. The van der Waals surface area contributed by atoms with Gasteiger partial charge in [-0.05, 0) is 43.4 Å². The molecule has 244 valence electrons. The van der Waals surface area contributed by atoms with Gasteiger partial charge in [-0.25, -0.2) is 0 Å². The number of likely N-dealkylation sites (N-methyl/N-ethyl adjacent to an activating group) is 2. The minimum atomic E-state index is -1.08. The summed E-state index contributed by atoms with van der Waals surface area (Å²) >= 11 is 0. The van der Waals surface area contributed by atoms with Crippen LogP contribution in [0.25, 0.3) is 0 Å². The summed E-state index contributed by atoms with van der Waals surface area (Å²) in [5.74, 6) is -3.57. The van der Waals surface area contributed by atoms with E-state index in [4.69, 9.17) is 4.74 Å². The zero-order chi connectivity index (χ0) is 32.8. The monoisotopic (exact) mass is 607 g/mol. The van der Waals surface area contributed by atoms with Gasteiger partial charge < -0.3 is 30.1 Å². The molecule has 5 amide bonds. The molecule has 2 N–H and O–H groups in total. The summed E-state index contributed by atoms with van der Waals surface area (Å²) in [6.45, 7) is 15.0. The molecule has 12 nitrogen and oxygen atoms in total. The lowest BCUT2D eigenvalue weighted by Crippen LogP contribution is -2.61. The van der Waals surface area contributed by atoms with Crippen molar-refractivity contribution in [2.75, 3.05) is 27.2 Å². The normalized spacial score (nSPS) is 30.0. The maximum Gasteiger partial charge on any atom is 0.308 e. The minimum Gasteiger partial charge on any atom is -0.452 e. The van der Waals surface area contributed by atoms with E-state index >= 15 is 0 Å². The van der Waals surface area contributed by atoms with Crippen LogP contribution in [0.5, 0.6) is 0 Å². The lowest BCUT2D eigenvalue weighted by molar-refractivity contribution is -0.162. The second-order valence-corrected chi connectivity index (χ2v) is 13.0. The first-order valence-electron chi connectivity index (χ1n) is 15.6. The van der Waals surface area contributed by atoms with E-state index in [-0.39, 0.29) is 43.1 Å². The van der Waals surface area contributed by atoms with Gasteiger partial charge in [-0.15, -0.1) is 0 Å². The lowest BCUT2D eigenvalue weighted by Gasteiger charge is -2.38. The topological polar surface area (TPSA) is 145 Å². The molecule has 2 fully saturated rings. The number of carbonyl (C=O) groups excluding carboxylic acids is 6. The summed E-state index contributed by atoms with van der Waals surface area (Å²) in [6, 6.07) is -3.57. The maximum atomic E-state index is 14.0. The van der Waals surface area contributed by atoms with Crippen LogP contribution in [0, 0.1) is 23.7 Å². The van der Waals surface area contributed by atoms with Crippen LogP contribution in [-0.2, 0) is 33.5 Å². The number of amides is 5. The van der Waals surface area contributed by atoms with E-state index in [0.717, 1.165) is 0 Å². The molecule has 0 bridgehead atoms. The molecule has 2 saturated heterocycles. The van der Waals surface area contributed by atoms with E-state index in [1.807, 2.05) is 48.5 Å². The second kappa shape index (κ2) is 15.5. The number of nitrogens with one attached hydrogen (secondary N) is 2. The third-order valence-electron chi connectivity index (χ3n) is 8.85. The van der Waals surface area contributed by atoms with Gasteiger partial charge in [0.25, 0.3) is 5.91 Å². The number of esters is 1. The average molecular weight is 608 g/mol. The van der Waals surface area contributed by atoms with Gasteiger partial charge in [-0.3, -0.25) is 28.8 Å². The summed E-state index contributed by atoms with van der Waals surface area (Å²) in [7, 11) is 3.05. The van der Waals surface area contributed by atoms with Gasteiger partial charge in [0.15, 0.2) is 6.10 Å². The van der Waals surface area contributed by atoms with E-state index in [2.05, 4.69) is 10.6 Å². The highest BCUT2D eigenvalue weighted by atomic mass is 16.5. The fraction of sp³-hybridized carbons (Fsp3) is 0.806. The van der Waals surface area contributed by atoms with Gasteiger partial charge in [0.1, 0.15) is 24.2 Å². The molecule has 2 aliphatic rings. The zero-order valence-corrected chi connectivity index (χ0v) is 27.6. The van der Waals surface area contributed by atoms with Gasteiger partial charge >= 0.3 is 5.97 Å². The van der Waals surface area contributed by atoms with Crippen LogP contribution in [-0.4, -0.2) is 108 Å². The van der Waals surface area contributed by atoms with E-state index in [9.17, 15) is 28.8 Å². The molecule has 2 aliphatic heterocycles. The largest absolute Gasteiger partial charge is 0.452 e. The summed E-state index contributed by atoms with van der Waals surface area (Å²) < 4.78 is 5.63. The number of fused-ring (bicyclic) bond motifs is 1. The highest BCUT2D eigenvalue weighted by molar-refractivity contribution is 5.96. The molecule has 12 heteroatoms. The molecule has 7 atom stereocenters. The van der Waals surface area contributed by atoms with Gasteiger partial charge in [0.2, 0.25) is 23.6 Å². The highest BCUT2D eigenvalue weighted by Crippen LogP contribution is 2.28. The quantitative estimate of drug-likeness (QED) is 0.451. The van der Waals surface area contributed by atoms with E-state index in [0.29, 0.717) is 19.4 Å². The number of hydrogen-bond donors (Lipinski definition) is 2. The molecule has 0 aromatic heterocycles. The number of nitrogens with zero attached hydrogens (tertiary/aromatic N) is 3. The Hall–Kier alpha value is -3.18. The van der Waals surface area contributed by atoms with Crippen LogP contribution < -0.4 is 10.6 Å². The third-order valence-corrected chi connectivity index (χ3v) is 8.85. The summed E-state index contributed by atoms with van der Waals surface area (Å²) in [5.41, 5.74) is 0.